The first-order chi connectivity index (χ1) is 10.7. The summed E-state index contributed by atoms with van der Waals surface area (Å²) in [6.07, 6.45) is 1.03. The molecule has 0 aliphatic heterocycles. The van der Waals surface area contributed by atoms with Crippen LogP contribution in [0.15, 0.2) is 29.3 Å². The molecule has 0 aliphatic rings. The zero-order chi connectivity index (χ0) is 16.2. The van der Waals surface area contributed by atoms with E-state index in [1.807, 2.05) is 6.07 Å². The van der Waals surface area contributed by atoms with Gasteiger partial charge in [0.05, 0.1) is 0 Å². The van der Waals surface area contributed by atoms with Crippen LogP contribution < -0.4 is 10.6 Å². The first kappa shape index (κ1) is 18.4. The maximum Gasteiger partial charge on any atom is 0.191 e. The molecular formula is C16H27FN4O. The van der Waals surface area contributed by atoms with Crippen molar-refractivity contribution in [2.24, 2.45) is 4.99 Å². The summed E-state index contributed by atoms with van der Waals surface area (Å²) in [5, 5.41) is 6.42. The lowest BCUT2D eigenvalue weighted by Gasteiger charge is -2.18. The van der Waals surface area contributed by atoms with E-state index in [1.54, 1.807) is 20.2 Å². The van der Waals surface area contributed by atoms with Gasteiger partial charge in [0.1, 0.15) is 5.82 Å². The molecule has 0 atom stereocenters. The predicted molar refractivity (Wildman–Crippen MR) is 88.6 cm³/mol. The maximum atomic E-state index is 13.1. The van der Waals surface area contributed by atoms with E-state index >= 15 is 0 Å². The van der Waals surface area contributed by atoms with Crippen LogP contribution in [0.5, 0.6) is 0 Å². The number of rotatable bonds is 9. The van der Waals surface area contributed by atoms with E-state index in [-0.39, 0.29) is 5.82 Å². The van der Waals surface area contributed by atoms with Gasteiger partial charge < -0.3 is 20.3 Å². The first-order valence-corrected chi connectivity index (χ1v) is 7.52. The summed E-state index contributed by atoms with van der Waals surface area (Å²) >= 11 is 0. The molecule has 1 aromatic rings. The van der Waals surface area contributed by atoms with Gasteiger partial charge in [-0.25, -0.2) is 4.39 Å². The van der Waals surface area contributed by atoms with Crippen molar-refractivity contribution < 1.29 is 9.13 Å². The van der Waals surface area contributed by atoms with E-state index in [1.165, 1.54) is 12.1 Å². The van der Waals surface area contributed by atoms with Crippen LogP contribution in [-0.2, 0) is 11.3 Å². The molecular weight excluding hydrogens is 283 g/mol. The minimum Gasteiger partial charge on any atom is -0.385 e. The standard InChI is InChI=1S/C16H27FN4O/c1-18-16(19-8-10-21(2)9-5-11-22-3)20-13-14-6-4-7-15(17)12-14/h4,6-7,12H,5,8-11,13H2,1-3H3,(H2,18,19,20). The van der Waals surface area contributed by atoms with Crippen LogP contribution in [0.3, 0.4) is 0 Å². The molecule has 0 saturated heterocycles. The molecule has 0 heterocycles. The van der Waals surface area contributed by atoms with Crippen LogP contribution in [0, 0.1) is 5.82 Å². The molecule has 0 fully saturated rings. The highest BCUT2D eigenvalue weighted by molar-refractivity contribution is 5.79. The Labute approximate surface area is 132 Å². The Kier molecular flexibility index (Phi) is 9.18. The van der Waals surface area contributed by atoms with Crippen LogP contribution in [0.2, 0.25) is 0 Å². The van der Waals surface area contributed by atoms with Gasteiger partial charge in [-0.1, -0.05) is 12.1 Å². The predicted octanol–water partition coefficient (Wildman–Crippen LogP) is 1.46. The molecule has 0 unspecified atom stereocenters. The van der Waals surface area contributed by atoms with Gasteiger partial charge in [0.2, 0.25) is 0 Å². The SMILES string of the molecule is CN=C(NCCN(C)CCCOC)NCc1cccc(F)c1. The number of likely N-dealkylation sites (N-methyl/N-ethyl adjacent to an activating group) is 1. The summed E-state index contributed by atoms with van der Waals surface area (Å²) in [5.74, 6) is 0.495. The minimum atomic E-state index is -0.222. The molecule has 1 aromatic carbocycles. The van der Waals surface area contributed by atoms with Gasteiger partial charge in [-0.2, -0.15) is 0 Å². The highest BCUT2D eigenvalue weighted by atomic mass is 19.1. The number of methoxy groups -OCH3 is 1. The number of halogens is 1. The number of ether oxygens (including phenoxy) is 1. The van der Waals surface area contributed by atoms with E-state index in [4.69, 9.17) is 4.74 Å². The fraction of sp³-hybridized carbons (Fsp3) is 0.562. The Morgan fingerprint density at radius 1 is 1.32 bits per heavy atom. The quantitative estimate of drug-likeness (QED) is 0.412. The largest absolute Gasteiger partial charge is 0.385 e. The van der Waals surface area contributed by atoms with Crippen molar-refractivity contribution in [3.63, 3.8) is 0 Å². The van der Waals surface area contributed by atoms with Crippen molar-refractivity contribution in [1.29, 1.82) is 0 Å². The molecule has 0 spiro atoms. The Hall–Kier alpha value is -1.66. The highest BCUT2D eigenvalue weighted by Gasteiger charge is 2.01. The van der Waals surface area contributed by atoms with Crippen molar-refractivity contribution in [3.05, 3.63) is 35.6 Å². The molecule has 1 rings (SSSR count). The number of aliphatic imine (C=N–C) groups is 1. The molecule has 2 N–H and O–H groups in total. The molecule has 0 radical (unpaired) electrons. The van der Waals surface area contributed by atoms with E-state index in [9.17, 15) is 4.39 Å². The van der Waals surface area contributed by atoms with Crippen LogP contribution in [0.4, 0.5) is 4.39 Å². The van der Waals surface area contributed by atoms with Crippen LogP contribution in [0.1, 0.15) is 12.0 Å². The minimum absolute atomic E-state index is 0.222. The number of guanidine groups is 1. The van der Waals surface area contributed by atoms with E-state index < -0.39 is 0 Å². The van der Waals surface area contributed by atoms with Gasteiger partial charge in [-0.15, -0.1) is 0 Å². The second-order valence-corrected chi connectivity index (χ2v) is 5.13. The average Bonchev–Trinajstić information content (AvgIpc) is 2.51. The Balaban J connectivity index is 2.22. The molecule has 0 aromatic heterocycles. The summed E-state index contributed by atoms with van der Waals surface area (Å²) in [6.45, 7) is 4.05. The van der Waals surface area contributed by atoms with E-state index in [0.29, 0.717) is 6.54 Å². The molecule has 0 aliphatic carbocycles. The Morgan fingerprint density at radius 3 is 2.82 bits per heavy atom. The molecule has 124 valence electrons. The number of hydrogen-bond acceptors (Lipinski definition) is 3. The van der Waals surface area contributed by atoms with Crippen molar-refractivity contribution >= 4 is 5.96 Å². The first-order valence-electron chi connectivity index (χ1n) is 7.52. The average molecular weight is 310 g/mol. The number of nitrogens with zero attached hydrogens (tertiary/aromatic N) is 2. The van der Waals surface area contributed by atoms with E-state index in [2.05, 4.69) is 27.6 Å². The van der Waals surface area contributed by atoms with Crippen LogP contribution in [0.25, 0.3) is 0 Å². The van der Waals surface area contributed by atoms with Crippen LogP contribution >= 0.6 is 0 Å². The fourth-order valence-electron chi connectivity index (χ4n) is 2.01. The number of benzene rings is 1. The molecule has 22 heavy (non-hydrogen) atoms. The summed E-state index contributed by atoms with van der Waals surface area (Å²) in [4.78, 5) is 6.40. The summed E-state index contributed by atoms with van der Waals surface area (Å²) in [6, 6.07) is 6.55. The van der Waals surface area contributed by atoms with Crippen LogP contribution in [-0.4, -0.2) is 58.3 Å². The lowest BCUT2D eigenvalue weighted by molar-refractivity contribution is 0.180. The van der Waals surface area contributed by atoms with Gasteiger partial charge in [0, 0.05) is 46.9 Å². The lowest BCUT2D eigenvalue weighted by Crippen LogP contribution is -2.40. The number of nitrogens with one attached hydrogen (secondary N) is 2. The monoisotopic (exact) mass is 310 g/mol. The molecule has 0 amide bonds. The highest BCUT2D eigenvalue weighted by Crippen LogP contribution is 2.02. The third kappa shape index (κ3) is 7.95. The van der Waals surface area contributed by atoms with Crippen molar-refractivity contribution in [2.75, 3.05) is 47.4 Å². The van der Waals surface area contributed by atoms with Crippen molar-refractivity contribution in [3.8, 4) is 0 Å². The van der Waals surface area contributed by atoms with Crippen molar-refractivity contribution in [1.82, 2.24) is 15.5 Å². The summed E-state index contributed by atoms with van der Waals surface area (Å²) in [7, 11) is 5.53. The Bertz CT molecular complexity index is 454. The van der Waals surface area contributed by atoms with Crippen molar-refractivity contribution in [2.45, 2.75) is 13.0 Å². The lowest BCUT2D eigenvalue weighted by atomic mass is 10.2. The zero-order valence-corrected chi connectivity index (χ0v) is 13.7. The van der Waals surface area contributed by atoms with Gasteiger partial charge in [-0.05, 0) is 31.2 Å². The molecule has 5 nitrogen and oxygen atoms in total. The maximum absolute atomic E-state index is 13.1. The van der Waals surface area contributed by atoms with Gasteiger partial charge >= 0.3 is 0 Å². The zero-order valence-electron chi connectivity index (χ0n) is 13.7. The topological polar surface area (TPSA) is 48.9 Å². The molecule has 6 heteroatoms. The summed E-state index contributed by atoms with van der Waals surface area (Å²) in [5.41, 5.74) is 0.889. The number of hydrogen-bond donors (Lipinski definition) is 2. The smallest absolute Gasteiger partial charge is 0.191 e. The van der Waals surface area contributed by atoms with Gasteiger partial charge in [0.25, 0.3) is 0 Å². The third-order valence-electron chi connectivity index (χ3n) is 3.25. The fourth-order valence-corrected chi connectivity index (χ4v) is 2.01. The Morgan fingerprint density at radius 2 is 2.14 bits per heavy atom. The molecule has 0 bridgehead atoms. The molecule has 0 saturated carbocycles. The van der Waals surface area contributed by atoms with E-state index in [0.717, 1.165) is 44.2 Å². The summed E-state index contributed by atoms with van der Waals surface area (Å²) < 4.78 is 18.1. The van der Waals surface area contributed by atoms with Gasteiger partial charge in [-0.3, -0.25) is 4.99 Å². The second-order valence-electron chi connectivity index (χ2n) is 5.13. The second kappa shape index (κ2) is 11.0. The third-order valence-corrected chi connectivity index (χ3v) is 3.25. The normalized spacial score (nSPS) is 11.8. The van der Waals surface area contributed by atoms with Gasteiger partial charge in [0.15, 0.2) is 5.96 Å².